The number of carbonyl (C=O) groups is 1. The van der Waals surface area contributed by atoms with E-state index in [4.69, 9.17) is 0 Å². The summed E-state index contributed by atoms with van der Waals surface area (Å²) in [6.45, 7) is 3.79. The Morgan fingerprint density at radius 1 is 1.41 bits per heavy atom. The van der Waals surface area contributed by atoms with E-state index in [9.17, 15) is 4.79 Å². The average Bonchev–Trinajstić information content (AvgIpc) is 2.67. The number of thiazole rings is 1. The van der Waals surface area contributed by atoms with E-state index >= 15 is 0 Å². The molecule has 1 aromatic carbocycles. The summed E-state index contributed by atoms with van der Waals surface area (Å²) in [7, 11) is 0. The zero-order valence-corrected chi connectivity index (χ0v) is 11.2. The van der Waals surface area contributed by atoms with Gasteiger partial charge < -0.3 is 0 Å². The quantitative estimate of drug-likeness (QED) is 0.817. The molecule has 0 aliphatic rings. The van der Waals surface area contributed by atoms with Crippen LogP contribution in [0.15, 0.2) is 28.5 Å². The Kier molecular flexibility index (Phi) is 3.49. The second kappa shape index (κ2) is 4.89. The molecule has 0 unspecified atom stereocenters. The standard InChI is InChI=1S/C12H12N2OS2/c1-7-3-4-9(16)5-10(7)11(15)14-12-13-8(2)6-17-12/h3-6,16H,1-2H3,(H,13,14,15). The van der Waals surface area contributed by atoms with Crippen molar-refractivity contribution >= 4 is 35.0 Å². The highest BCUT2D eigenvalue weighted by Gasteiger charge is 2.11. The minimum Gasteiger partial charge on any atom is -0.298 e. The Labute approximate surface area is 109 Å². The summed E-state index contributed by atoms with van der Waals surface area (Å²) >= 11 is 5.65. The number of anilines is 1. The first-order valence-electron chi connectivity index (χ1n) is 5.09. The number of nitrogens with zero attached hydrogens (tertiary/aromatic N) is 1. The lowest BCUT2D eigenvalue weighted by molar-refractivity contribution is 0.102. The minimum absolute atomic E-state index is 0.146. The highest BCUT2D eigenvalue weighted by molar-refractivity contribution is 7.80. The highest BCUT2D eigenvalue weighted by atomic mass is 32.1. The number of rotatable bonds is 2. The summed E-state index contributed by atoms with van der Waals surface area (Å²) < 4.78 is 0. The maximum Gasteiger partial charge on any atom is 0.257 e. The molecule has 0 aliphatic carbocycles. The first-order valence-corrected chi connectivity index (χ1v) is 6.42. The highest BCUT2D eigenvalue weighted by Crippen LogP contribution is 2.18. The molecule has 1 heterocycles. The van der Waals surface area contributed by atoms with E-state index in [1.807, 2.05) is 31.4 Å². The van der Waals surface area contributed by atoms with Crippen molar-refractivity contribution in [1.82, 2.24) is 4.98 Å². The van der Waals surface area contributed by atoms with E-state index < -0.39 is 0 Å². The van der Waals surface area contributed by atoms with Gasteiger partial charge in [-0.25, -0.2) is 4.98 Å². The monoisotopic (exact) mass is 264 g/mol. The second-order valence-electron chi connectivity index (χ2n) is 3.75. The van der Waals surface area contributed by atoms with Gasteiger partial charge in [-0.1, -0.05) is 6.07 Å². The van der Waals surface area contributed by atoms with Crippen molar-refractivity contribution in [2.75, 3.05) is 5.32 Å². The van der Waals surface area contributed by atoms with Crippen LogP contribution in [0.3, 0.4) is 0 Å². The number of nitrogens with one attached hydrogen (secondary N) is 1. The van der Waals surface area contributed by atoms with Gasteiger partial charge in [-0.15, -0.1) is 24.0 Å². The van der Waals surface area contributed by atoms with Gasteiger partial charge in [-0.3, -0.25) is 10.1 Å². The van der Waals surface area contributed by atoms with Crippen molar-refractivity contribution in [3.05, 3.63) is 40.4 Å². The number of aromatic nitrogens is 1. The van der Waals surface area contributed by atoms with E-state index in [1.54, 1.807) is 6.07 Å². The van der Waals surface area contributed by atoms with Gasteiger partial charge in [0.25, 0.3) is 5.91 Å². The Morgan fingerprint density at radius 2 is 2.18 bits per heavy atom. The minimum atomic E-state index is -0.146. The first kappa shape index (κ1) is 12.1. The number of hydrogen-bond acceptors (Lipinski definition) is 4. The van der Waals surface area contributed by atoms with Gasteiger partial charge in [0.2, 0.25) is 0 Å². The van der Waals surface area contributed by atoms with Gasteiger partial charge in [0.05, 0.1) is 5.69 Å². The molecule has 0 fully saturated rings. The van der Waals surface area contributed by atoms with Crippen LogP contribution in [-0.4, -0.2) is 10.9 Å². The third-order valence-corrected chi connectivity index (χ3v) is 3.46. The zero-order chi connectivity index (χ0) is 12.4. The average molecular weight is 264 g/mol. The van der Waals surface area contributed by atoms with Gasteiger partial charge >= 0.3 is 0 Å². The maximum atomic E-state index is 12.0. The lowest BCUT2D eigenvalue weighted by atomic mass is 10.1. The Hall–Kier alpha value is -1.33. The molecule has 17 heavy (non-hydrogen) atoms. The number of hydrogen-bond donors (Lipinski definition) is 2. The number of thiol groups is 1. The molecule has 2 aromatic rings. The van der Waals surface area contributed by atoms with Crippen molar-refractivity contribution in [3.63, 3.8) is 0 Å². The van der Waals surface area contributed by atoms with E-state index in [0.29, 0.717) is 10.7 Å². The molecule has 2 rings (SSSR count). The van der Waals surface area contributed by atoms with Crippen LogP contribution in [0.2, 0.25) is 0 Å². The third-order valence-electron chi connectivity index (χ3n) is 2.31. The zero-order valence-electron chi connectivity index (χ0n) is 9.52. The molecule has 1 amide bonds. The van der Waals surface area contributed by atoms with Gasteiger partial charge in [-0.05, 0) is 31.5 Å². The summed E-state index contributed by atoms with van der Waals surface area (Å²) in [5, 5.41) is 5.30. The molecule has 1 N–H and O–H groups in total. The van der Waals surface area contributed by atoms with E-state index in [1.165, 1.54) is 11.3 Å². The van der Waals surface area contributed by atoms with Crippen LogP contribution in [0.4, 0.5) is 5.13 Å². The van der Waals surface area contributed by atoms with E-state index in [0.717, 1.165) is 16.2 Å². The predicted octanol–water partition coefficient (Wildman–Crippen LogP) is 3.30. The molecule has 0 bridgehead atoms. The summed E-state index contributed by atoms with van der Waals surface area (Å²) in [4.78, 5) is 17.0. The van der Waals surface area contributed by atoms with Crippen molar-refractivity contribution < 1.29 is 4.79 Å². The lowest BCUT2D eigenvalue weighted by Crippen LogP contribution is -2.13. The number of carbonyl (C=O) groups excluding carboxylic acids is 1. The van der Waals surface area contributed by atoms with Crippen molar-refractivity contribution in [1.29, 1.82) is 0 Å². The fourth-order valence-electron chi connectivity index (χ4n) is 1.43. The van der Waals surface area contributed by atoms with Gasteiger partial charge in [0.15, 0.2) is 5.13 Å². The molecule has 0 atom stereocenters. The SMILES string of the molecule is Cc1csc(NC(=O)c2cc(S)ccc2C)n1. The fourth-order valence-corrected chi connectivity index (χ4v) is 2.32. The maximum absolute atomic E-state index is 12.0. The molecule has 88 valence electrons. The third kappa shape index (κ3) is 2.87. The summed E-state index contributed by atoms with van der Waals surface area (Å²) in [6, 6.07) is 5.50. The van der Waals surface area contributed by atoms with E-state index in [-0.39, 0.29) is 5.91 Å². The van der Waals surface area contributed by atoms with Gasteiger partial charge in [0.1, 0.15) is 0 Å². The van der Waals surface area contributed by atoms with Crippen LogP contribution < -0.4 is 5.32 Å². The Bertz CT molecular complexity index is 563. The number of amides is 1. The smallest absolute Gasteiger partial charge is 0.257 e. The summed E-state index contributed by atoms with van der Waals surface area (Å²) in [6.07, 6.45) is 0. The molecular weight excluding hydrogens is 252 g/mol. The molecule has 0 radical (unpaired) electrons. The molecule has 0 saturated heterocycles. The number of aryl methyl sites for hydroxylation is 2. The summed E-state index contributed by atoms with van der Waals surface area (Å²) in [5.41, 5.74) is 2.46. The normalized spacial score (nSPS) is 10.3. The van der Waals surface area contributed by atoms with Crippen LogP contribution in [0, 0.1) is 13.8 Å². The van der Waals surface area contributed by atoms with Crippen molar-refractivity contribution in [2.24, 2.45) is 0 Å². The summed E-state index contributed by atoms with van der Waals surface area (Å²) in [5.74, 6) is -0.146. The van der Waals surface area contributed by atoms with Crippen LogP contribution >= 0.6 is 24.0 Å². The Balaban J connectivity index is 2.22. The van der Waals surface area contributed by atoms with Crippen LogP contribution in [0.25, 0.3) is 0 Å². The molecule has 0 aliphatic heterocycles. The topological polar surface area (TPSA) is 42.0 Å². The molecule has 0 saturated carbocycles. The first-order chi connectivity index (χ1) is 8.06. The molecular formula is C12H12N2OS2. The molecule has 3 nitrogen and oxygen atoms in total. The van der Waals surface area contributed by atoms with E-state index in [2.05, 4.69) is 22.9 Å². The predicted molar refractivity (Wildman–Crippen MR) is 73.2 cm³/mol. The largest absolute Gasteiger partial charge is 0.298 e. The van der Waals surface area contributed by atoms with Gasteiger partial charge in [-0.2, -0.15) is 0 Å². The molecule has 1 aromatic heterocycles. The molecule has 0 spiro atoms. The Morgan fingerprint density at radius 3 is 2.82 bits per heavy atom. The van der Waals surface area contributed by atoms with Crippen molar-refractivity contribution in [3.8, 4) is 0 Å². The second-order valence-corrected chi connectivity index (χ2v) is 5.12. The van der Waals surface area contributed by atoms with Gasteiger partial charge in [0, 0.05) is 15.8 Å². The van der Waals surface area contributed by atoms with Crippen LogP contribution in [0.5, 0.6) is 0 Å². The fraction of sp³-hybridized carbons (Fsp3) is 0.167. The number of benzene rings is 1. The lowest BCUT2D eigenvalue weighted by Gasteiger charge is -2.05. The van der Waals surface area contributed by atoms with Crippen molar-refractivity contribution in [2.45, 2.75) is 18.7 Å². The molecule has 5 heteroatoms. The van der Waals surface area contributed by atoms with Crippen LogP contribution in [0.1, 0.15) is 21.6 Å². The van der Waals surface area contributed by atoms with Crippen LogP contribution in [-0.2, 0) is 0 Å².